The number of fused-ring (bicyclic) bond motifs is 1. The van der Waals surface area contributed by atoms with Gasteiger partial charge in [-0.3, -0.25) is 0 Å². The summed E-state index contributed by atoms with van der Waals surface area (Å²) in [5, 5.41) is 2.95. The molecule has 7 heteroatoms. The fraction of sp³-hybridized carbons (Fsp3) is 0.714. The molecule has 0 amide bonds. The lowest BCUT2D eigenvalue weighted by Crippen LogP contribution is -2.30. The summed E-state index contributed by atoms with van der Waals surface area (Å²) in [7, 11) is 0. The van der Waals surface area contributed by atoms with Crippen LogP contribution in [0.25, 0.3) is 0 Å². The third-order valence-corrected chi connectivity index (χ3v) is 3.87. The zero-order valence-electron chi connectivity index (χ0n) is 11.8. The quantitative estimate of drug-likeness (QED) is 0.928. The Hall–Kier alpha value is -1.21. The van der Waals surface area contributed by atoms with E-state index in [9.17, 15) is 13.2 Å². The third kappa shape index (κ3) is 3.03. The lowest BCUT2D eigenvalue weighted by molar-refractivity contribution is -0.142. The van der Waals surface area contributed by atoms with E-state index >= 15 is 0 Å². The van der Waals surface area contributed by atoms with Crippen LogP contribution in [-0.4, -0.2) is 23.1 Å². The summed E-state index contributed by atoms with van der Waals surface area (Å²) >= 11 is 0. The molecule has 1 aliphatic heterocycles. The van der Waals surface area contributed by atoms with Crippen molar-refractivity contribution in [3.63, 3.8) is 0 Å². The monoisotopic (exact) mass is 301 g/mol. The number of hydrogen-bond acceptors (Lipinski definition) is 4. The van der Waals surface area contributed by atoms with E-state index in [0.717, 1.165) is 12.8 Å². The van der Waals surface area contributed by atoms with Gasteiger partial charge < -0.3 is 10.1 Å². The molecule has 0 spiro atoms. The first-order valence-electron chi connectivity index (χ1n) is 7.30. The van der Waals surface area contributed by atoms with Crippen LogP contribution < -0.4 is 5.32 Å². The van der Waals surface area contributed by atoms with Gasteiger partial charge in [0.1, 0.15) is 6.10 Å². The van der Waals surface area contributed by atoms with E-state index in [4.69, 9.17) is 4.74 Å². The second-order valence-electron chi connectivity index (χ2n) is 5.49. The van der Waals surface area contributed by atoms with E-state index in [1.54, 1.807) is 0 Å². The van der Waals surface area contributed by atoms with Gasteiger partial charge in [0, 0.05) is 31.7 Å². The second-order valence-corrected chi connectivity index (χ2v) is 5.49. The van der Waals surface area contributed by atoms with Crippen LogP contribution in [0.15, 0.2) is 0 Å². The average molecular weight is 301 g/mol. The van der Waals surface area contributed by atoms with Gasteiger partial charge in [-0.1, -0.05) is 0 Å². The molecule has 1 saturated carbocycles. The molecule has 0 aromatic carbocycles. The highest BCUT2D eigenvalue weighted by Gasteiger charge is 2.41. The minimum absolute atomic E-state index is 0.174. The molecular formula is C14H18F3N3O. The Morgan fingerprint density at radius 2 is 2.10 bits per heavy atom. The average Bonchev–Trinajstić information content (AvgIpc) is 3.27. The number of nitrogens with zero attached hydrogens (tertiary/aromatic N) is 2. The topological polar surface area (TPSA) is 47.0 Å². The van der Waals surface area contributed by atoms with Crippen LogP contribution in [0.3, 0.4) is 0 Å². The molecule has 1 N–H and O–H groups in total. The molecule has 3 rings (SSSR count). The largest absolute Gasteiger partial charge is 0.433 e. The van der Waals surface area contributed by atoms with Crippen molar-refractivity contribution >= 4 is 0 Å². The summed E-state index contributed by atoms with van der Waals surface area (Å²) in [4.78, 5) is 8.23. The van der Waals surface area contributed by atoms with E-state index in [0.29, 0.717) is 25.3 Å². The highest BCUT2D eigenvalue weighted by molar-refractivity contribution is 5.31. The fourth-order valence-corrected chi connectivity index (χ4v) is 2.72. The number of alkyl halides is 3. The first kappa shape index (κ1) is 14.7. The zero-order chi connectivity index (χ0) is 15.0. The first-order chi connectivity index (χ1) is 10.0. The van der Waals surface area contributed by atoms with E-state index < -0.39 is 18.0 Å². The molecule has 0 bridgehead atoms. The van der Waals surface area contributed by atoms with Crippen LogP contribution in [0, 0.1) is 5.92 Å². The van der Waals surface area contributed by atoms with Gasteiger partial charge in [-0.25, -0.2) is 9.97 Å². The van der Waals surface area contributed by atoms with E-state index in [2.05, 4.69) is 15.3 Å². The number of rotatable bonds is 4. The maximum Gasteiger partial charge on any atom is 0.433 e. The van der Waals surface area contributed by atoms with Gasteiger partial charge in [-0.05, 0) is 25.7 Å². The van der Waals surface area contributed by atoms with Crippen molar-refractivity contribution < 1.29 is 17.9 Å². The first-order valence-corrected chi connectivity index (χ1v) is 7.30. The minimum atomic E-state index is -4.46. The number of hydrogen-bond donors (Lipinski definition) is 1. The van der Waals surface area contributed by atoms with Crippen molar-refractivity contribution in [2.24, 2.45) is 5.92 Å². The minimum Gasteiger partial charge on any atom is -0.370 e. The normalized spacial score (nSPS) is 20.2. The lowest BCUT2D eigenvalue weighted by atomic mass is 10.0. The highest BCUT2D eigenvalue weighted by Crippen LogP contribution is 2.43. The van der Waals surface area contributed by atoms with E-state index in [1.807, 2.05) is 6.92 Å². The maximum absolute atomic E-state index is 13.3. The molecule has 1 aromatic rings. The molecule has 2 aliphatic rings. The van der Waals surface area contributed by atoms with Crippen molar-refractivity contribution in [2.45, 2.75) is 45.0 Å². The molecule has 1 fully saturated rings. The predicted molar refractivity (Wildman–Crippen MR) is 69.5 cm³/mol. The number of nitrogens with one attached hydrogen (secondary N) is 1. The summed E-state index contributed by atoms with van der Waals surface area (Å²) in [6.07, 6.45) is -2.43. The molecular weight excluding hydrogens is 283 g/mol. The Labute approximate surface area is 121 Å². The molecule has 2 heterocycles. The van der Waals surface area contributed by atoms with Crippen LogP contribution in [0.2, 0.25) is 0 Å². The van der Waals surface area contributed by atoms with Gasteiger partial charge in [-0.15, -0.1) is 0 Å². The van der Waals surface area contributed by atoms with Crippen molar-refractivity contribution in [2.75, 3.05) is 13.2 Å². The molecule has 0 radical (unpaired) electrons. The number of halogens is 3. The van der Waals surface area contributed by atoms with Crippen molar-refractivity contribution in [1.82, 2.24) is 15.3 Å². The lowest BCUT2D eigenvalue weighted by Gasteiger charge is -2.23. The highest BCUT2D eigenvalue weighted by atomic mass is 19.4. The van der Waals surface area contributed by atoms with Crippen LogP contribution >= 0.6 is 0 Å². The van der Waals surface area contributed by atoms with Crippen molar-refractivity contribution in [3.05, 3.63) is 22.8 Å². The maximum atomic E-state index is 13.3. The summed E-state index contributed by atoms with van der Waals surface area (Å²) in [6.45, 7) is 3.10. The molecule has 116 valence electrons. The molecule has 0 saturated heterocycles. The summed E-state index contributed by atoms with van der Waals surface area (Å²) in [5.41, 5.74) is -0.111. The Morgan fingerprint density at radius 1 is 1.33 bits per heavy atom. The summed E-state index contributed by atoms with van der Waals surface area (Å²) in [5.74, 6) is 0.457. The van der Waals surface area contributed by atoms with Crippen molar-refractivity contribution in [3.8, 4) is 0 Å². The SMILES string of the molecule is CCOC(c1nc2c(c(C(F)(F)F)n1)CNCC2)C1CC1. The molecule has 1 atom stereocenters. The molecule has 1 aromatic heterocycles. The van der Waals surface area contributed by atoms with Crippen LogP contribution in [-0.2, 0) is 23.9 Å². The zero-order valence-corrected chi connectivity index (χ0v) is 11.8. The van der Waals surface area contributed by atoms with E-state index in [-0.39, 0.29) is 23.9 Å². The fourth-order valence-electron chi connectivity index (χ4n) is 2.72. The Balaban J connectivity index is 2.04. The predicted octanol–water partition coefficient (Wildman–Crippen LogP) is 2.63. The Morgan fingerprint density at radius 3 is 2.71 bits per heavy atom. The van der Waals surface area contributed by atoms with Crippen LogP contribution in [0.1, 0.15) is 48.6 Å². The van der Waals surface area contributed by atoms with Gasteiger partial charge in [0.15, 0.2) is 11.5 Å². The second kappa shape index (κ2) is 5.53. The van der Waals surface area contributed by atoms with Gasteiger partial charge in [0.05, 0.1) is 5.69 Å². The smallest absolute Gasteiger partial charge is 0.370 e. The van der Waals surface area contributed by atoms with Crippen LogP contribution in [0.5, 0.6) is 0 Å². The Kier molecular flexibility index (Phi) is 3.88. The van der Waals surface area contributed by atoms with Crippen molar-refractivity contribution in [1.29, 1.82) is 0 Å². The summed E-state index contributed by atoms with van der Waals surface area (Å²) < 4.78 is 45.4. The van der Waals surface area contributed by atoms with Gasteiger partial charge in [0.25, 0.3) is 0 Å². The molecule has 21 heavy (non-hydrogen) atoms. The van der Waals surface area contributed by atoms with Gasteiger partial charge in [-0.2, -0.15) is 13.2 Å². The Bertz CT molecular complexity index is 529. The molecule has 1 aliphatic carbocycles. The molecule has 4 nitrogen and oxygen atoms in total. The number of ether oxygens (including phenoxy) is 1. The third-order valence-electron chi connectivity index (χ3n) is 3.87. The standard InChI is InChI=1S/C14H18F3N3O/c1-2-21-11(8-3-4-8)13-19-10-5-6-18-7-9(10)12(20-13)14(15,16)17/h8,11,18H,2-7H2,1H3. The van der Waals surface area contributed by atoms with E-state index in [1.165, 1.54) is 0 Å². The number of aromatic nitrogens is 2. The summed E-state index contributed by atoms with van der Waals surface area (Å²) in [6, 6.07) is 0. The molecule has 1 unspecified atom stereocenters. The van der Waals surface area contributed by atoms with Gasteiger partial charge >= 0.3 is 6.18 Å². The van der Waals surface area contributed by atoms with Gasteiger partial charge in [0.2, 0.25) is 0 Å². The van der Waals surface area contributed by atoms with Crippen LogP contribution in [0.4, 0.5) is 13.2 Å².